The molecule has 0 spiro atoms. The lowest BCUT2D eigenvalue weighted by Crippen LogP contribution is -2.26. The summed E-state index contributed by atoms with van der Waals surface area (Å²) in [6.07, 6.45) is 12.8. The van der Waals surface area contributed by atoms with E-state index in [1.807, 2.05) is 0 Å². The molecular formula is C18H38O4S. The molecule has 0 aromatic rings. The lowest BCUT2D eigenvalue weighted by atomic mass is 10.0. The van der Waals surface area contributed by atoms with Crippen molar-refractivity contribution in [3.8, 4) is 0 Å². The van der Waals surface area contributed by atoms with Crippen LogP contribution in [0.1, 0.15) is 104 Å². The van der Waals surface area contributed by atoms with E-state index in [1.165, 1.54) is 25.7 Å². The van der Waals surface area contributed by atoms with Crippen molar-refractivity contribution >= 4 is 10.1 Å². The minimum absolute atomic E-state index is 0.167. The van der Waals surface area contributed by atoms with Crippen LogP contribution in [-0.2, 0) is 10.1 Å². The van der Waals surface area contributed by atoms with Gasteiger partial charge >= 0.3 is 0 Å². The molecule has 2 N–H and O–H groups in total. The summed E-state index contributed by atoms with van der Waals surface area (Å²) in [4.78, 5) is 0. The molecule has 0 rings (SSSR count). The molecule has 0 aromatic carbocycles. The number of hydrogen-bond donors (Lipinski definition) is 2. The van der Waals surface area contributed by atoms with Crippen LogP contribution in [0.2, 0.25) is 0 Å². The van der Waals surface area contributed by atoms with Gasteiger partial charge in [-0.3, -0.25) is 4.55 Å². The highest BCUT2D eigenvalue weighted by Gasteiger charge is 2.25. The Kier molecular flexibility index (Phi) is 14.2. The van der Waals surface area contributed by atoms with Gasteiger partial charge in [0.15, 0.2) is 0 Å². The van der Waals surface area contributed by atoms with E-state index in [1.54, 1.807) is 0 Å². The third-order valence-electron chi connectivity index (χ3n) is 4.48. The first-order valence-corrected chi connectivity index (χ1v) is 11.1. The van der Waals surface area contributed by atoms with E-state index in [4.69, 9.17) is 0 Å². The number of rotatable bonds is 16. The molecule has 23 heavy (non-hydrogen) atoms. The van der Waals surface area contributed by atoms with Gasteiger partial charge in [-0.05, 0) is 19.3 Å². The summed E-state index contributed by atoms with van der Waals surface area (Å²) in [5.74, 6) is 0. The van der Waals surface area contributed by atoms with Crippen molar-refractivity contribution in [2.75, 3.05) is 0 Å². The normalized spacial score (nSPS) is 14.8. The van der Waals surface area contributed by atoms with E-state index < -0.39 is 21.5 Å². The third kappa shape index (κ3) is 14.0. The van der Waals surface area contributed by atoms with Crippen molar-refractivity contribution in [2.24, 2.45) is 0 Å². The van der Waals surface area contributed by atoms with Crippen LogP contribution < -0.4 is 0 Å². The molecule has 0 aromatic heterocycles. The number of aliphatic hydroxyl groups excluding tert-OH is 1. The van der Waals surface area contributed by atoms with E-state index in [0.29, 0.717) is 12.8 Å². The SMILES string of the molecule is CCCCCCCCCC(CC(O)CCCCCC)S(=O)(=O)O. The number of aliphatic hydroxyl groups is 1. The summed E-state index contributed by atoms with van der Waals surface area (Å²) in [6, 6.07) is 0. The summed E-state index contributed by atoms with van der Waals surface area (Å²) in [7, 11) is -4.06. The van der Waals surface area contributed by atoms with Gasteiger partial charge in [0.2, 0.25) is 0 Å². The highest BCUT2D eigenvalue weighted by Crippen LogP contribution is 2.19. The van der Waals surface area contributed by atoms with E-state index in [0.717, 1.165) is 44.9 Å². The van der Waals surface area contributed by atoms with Gasteiger partial charge in [0, 0.05) is 0 Å². The molecule has 0 saturated carbocycles. The summed E-state index contributed by atoms with van der Waals surface area (Å²) in [5, 5.41) is 9.20. The lowest BCUT2D eigenvalue weighted by molar-refractivity contribution is 0.147. The van der Waals surface area contributed by atoms with E-state index in [-0.39, 0.29) is 6.42 Å². The Labute approximate surface area is 143 Å². The molecule has 0 aliphatic heterocycles. The van der Waals surface area contributed by atoms with Crippen molar-refractivity contribution in [1.82, 2.24) is 0 Å². The van der Waals surface area contributed by atoms with Crippen LogP contribution in [0.3, 0.4) is 0 Å². The standard InChI is InChI=1S/C18H38O4S/c1-3-5-7-9-10-11-13-15-18(23(20,21)22)16-17(19)14-12-8-6-4-2/h17-19H,3-16H2,1-2H3,(H,20,21,22). The van der Waals surface area contributed by atoms with Gasteiger partial charge in [0.05, 0.1) is 11.4 Å². The molecule has 0 radical (unpaired) electrons. The van der Waals surface area contributed by atoms with Crippen molar-refractivity contribution in [3.63, 3.8) is 0 Å². The Balaban J connectivity index is 3.98. The summed E-state index contributed by atoms with van der Waals surface area (Å²) in [5.41, 5.74) is 0. The van der Waals surface area contributed by atoms with Gasteiger partial charge in [0.1, 0.15) is 0 Å². The summed E-state index contributed by atoms with van der Waals surface area (Å²) in [6.45, 7) is 4.32. The van der Waals surface area contributed by atoms with E-state index >= 15 is 0 Å². The van der Waals surface area contributed by atoms with Crippen LogP contribution in [0.15, 0.2) is 0 Å². The fourth-order valence-corrected chi connectivity index (χ4v) is 3.88. The van der Waals surface area contributed by atoms with Crippen LogP contribution in [0.25, 0.3) is 0 Å². The van der Waals surface area contributed by atoms with E-state index in [2.05, 4.69) is 13.8 Å². The highest BCUT2D eigenvalue weighted by molar-refractivity contribution is 7.86. The smallest absolute Gasteiger partial charge is 0.267 e. The first-order valence-electron chi connectivity index (χ1n) is 9.56. The molecule has 0 fully saturated rings. The molecule has 4 nitrogen and oxygen atoms in total. The van der Waals surface area contributed by atoms with Crippen LogP contribution in [0.5, 0.6) is 0 Å². The average molecular weight is 351 g/mol. The second-order valence-corrected chi connectivity index (χ2v) is 8.48. The Morgan fingerprint density at radius 1 is 0.739 bits per heavy atom. The van der Waals surface area contributed by atoms with Crippen LogP contribution in [0.4, 0.5) is 0 Å². The molecule has 0 bridgehead atoms. The molecule has 0 aliphatic rings. The zero-order valence-corrected chi connectivity index (χ0v) is 16.0. The zero-order valence-electron chi connectivity index (χ0n) is 15.2. The van der Waals surface area contributed by atoms with Crippen LogP contribution in [-0.4, -0.2) is 29.4 Å². The predicted molar refractivity (Wildman–Crippen MR) is 97.3 cm³/mol. The Hall–Kier alpha value is -0.130. The number of unbranched alkanes of at least 4 members (excludes halogenated alkanes) is 9. The van der Waals surface area contributed by atoms with Crippen molar-refractivity contribution in [2.45, 2.75) is 115 Å². The molecule has 2 unspecified atom stereocenters. The van der Waals surface area contributed by atoms with Gasteiger partial charge in [-0.1, -0.05) is 84.5 Å². The van der Waals surface area contributed by atoms with Crippen LogP contribution in [0, 0.1) is 0 Å². The Morgan fingerprint density at radius 3 is 1.70 bits per heavy atom. The quantitative estimate of drug-likeness (QED) is 0.300. The molecule has 0 heterocycles. The molecule has 0 amide bonds. The maximum absolute atomic E-state index is 11.5. The molecule has 5 heteroatoms. The second kappa shape index (κ2) is 14.2. The van der Waals surface area contributed by atoms with Gasteiger partial charge in [0.25, 0.3) is 10.1 Å². The molecule has 140 valence electrons. The largest absolute Gasteiger partial charge is 0.393 e. The van der Waals surface area contributed by atoms with Gasteiger partial charge < -0.3 is 5.11 Å². The molecule has 0 saturated heterocycles. The lowest BCUT2D eigenvalue weighted by Gasteiger charge is -2.18. The highest BCUT2D eigenvalue weighted by atomic mass is 32.2. The molecular weight excluding hydrogens is 312 g/mol. The molecule has 0 aliphatic carbocycles. The third-order valence-corrected chi connectivity index (χ3v) is 5.75. The average Bonchev–Trinajstić information content (AvgIpc) is 2.48. The maximum atomic E-state index is 11.5. The van der Waals surface area contributed by atoms with Crippen molar-refractivity contribution < 1.29 is 18.1 Å². The van der Waals surface area contributed by atoms with Gasteiger partial charge in [-0.15, -0.1) is 0 Å². The van der Waals surface area contributed by atoms with E-state index in [9.17, 15) is 18.1 Å². The first kappa shape index (κ1) is 22.9. The number of hydrogen-bond acceptors (Lipinski definition) is 3. The van der Waals surface area contributed by atoms with Crippen molar-refractivity contribution in [3.05, 3.63) is 0 Å². The summed E-state index contributed by atoms with van der Waals surface area (Å²) >= 11 is 0. The zero-order chi connectivity index (χ0) is 17.6. The first-order chi connectivity index (χ1) is 10.9. The topological polar surface area (TPSA) is 74.6 Å². The maximum Gasteiger partial charge on any atom is 0.267 e. The minimum atomic E-state index is -4.06. The van der Waals surface area contributed by atoms with Crippen LogP contribution >= 0.6 is 0 Å². The van der Waals surface area contributed by atoms with Gasteiger partial charge in [-0.25, -0.2) is 0 Å². The fraction of sp³-hybridized carbons (Fsp3) is 1.00. The van der Waals surface area contributed by atoms with Gasteiger partial charge in [-0.2, -0.15) is 8.42 Å². The second-order valence-electron chi connectivity index (χ2n) is 6.79. The minimum Gasteiger partial charge on any atom is -0.393 e. The Morgan fingerprint density at radius 2 is 1.17 bits per heavy atom. The summed E-state index contributed by atoms with van der Waals surface area (Å²) < 4.78 is 32.4. The predicted octanol–water partition coefficient (Wildman–Crippen LogP) is 5.10. The van der Waals surface area contributed by atoms with Crippen molar-refractivity contribution in [1.29, 1.82) is 0 Å². The fourth-order valence-electron chi connectivity index (χ4n) is 2.95. The molecule has 2 atom stereocenters. The monoisotopic (exact) mass is 350 g/mol. The Bertz CT molecular complexity index is 354.